The van der Waals surface area contributed by atoms with Gasteiger partial charge in [-0.3, -0.25) is 4.79 Å². The van der Waals surface area contributed by atoms with Crippen molar-refractivity contribution in [3.8, 4) is 11.6 Å². The first-order valence-corrected chi connectivity index (χ1v) is 8.31. The maximum Gasteiger partial charge on any atom is 0.335 e. The molecule has 1 amide bonds. The number of aromatic carboxylic acids is 1. The third-order valence-electron chi connectivity index (χ3n) is 3.75. The minimum atomic E-state index is -1.02. The number of nitrogens with zero attached hydrogens (tertiary/aromatic N) is 1. The zero-order valence-electron chi connectivity index (χ0n) is 15.2. The number of aromatic nitrogens is 1. The minimum Gasteiger partial charge on any atom is -0.496 e. The number of hydrogen-bond donors (Lipinski definition) is 2. The van der Waals surface area contributed by atoms with Crippen LogP contribution in [0.25, 0.3) is 0 Å². The Morgan fingerprint density at radius 3 is 2.63 bits per heavy atom. The van der Waals surface area contributed by atoms with Gasteiger partial charge in [-0.1, -0.05) is 6.07 Å². The molecule has 0 aliphatic heterocycles. The van der Waals surface area contributed by atoms with Crippen molar-refractivity contribution in [3.05, 3.63) is 53.2 Å². The minimum absolute atomic E-state index is 0.150. The number of carbonyl (C=O) groups excluding carboxylic acids is 1. The summed E-state index contributed by atoms with van der Waals surface area (Å²) in [7, 11) is 3.05. The number of carboxylic acids is 1. The second kappa shape index (κ2) is 10.1. The molecule has 0 unspecified atom stereocenters. The van der Waals surface area contributed by atoms with E-state index in [1.165, 1.54) is 25.4 Å². The first-order valence-electron chi connectivity index (χ1n) is 8.31. The number of carboxylic acid groups (broad SMARTS) is 1. The lowest BCUT2D eigenvalue weighted by atomic mass is 10.1. The number of benzene rings is 1. The molecule has 1 heterocycles. The predicted molar refractivity (Wildman–Crippen MR) is 97.6 cm³/mol. The molecule has 27 heavy (non-hydrogen) atoms. The van der Waals surface area contributed by atoms with Gasteiger partial charge in [0.15, 0.2) is 0 Å². The van der Waals surface area contributed by atoms with Crippen molar-refractivity contribution in [2.75, 3.05) is 34.0 Å². The Morgan fingerprint density at radius 1 is 1.11 bits per heavy atom. The average molecular weight is 374 g/mol. The summed E-state index contributed by atoms with van der Waals surface area (Å²) in [6.07, 6.45) is 2.00. The van der Waals surface area contributed by atoms with Crippen LogP contribution in [0.4, 0.5) is 0 Å². The smallest absolute Gasteiger partial charge is 0.335 e. The molecule has 0 saturated heterocycles. The van der Waals surface area contributed by atoms with Gasteiger partial charge in [0.1, 0.15) is 12.4 Å². The van der Waals surface area contributed by atoms with Crippen LogP contribution in [-0.2, 0) is 11.2 Å². The van der Waals surface area contributed by atoms with Gasteiger partial charge >= 0.3 is 5.97 Å². The number of nitrogens with one attached hydrogen (secondary N) is 1. The van der Waals surface area contributed by atoms with E-state index in [-0.39, 0.29) is 11.5 Å². The van der Waals surface area contributed by atoms with Gasteiger partial charge < -0.3 is 24.6 Å². The van der Waals surface area contributed by atoms with Gasteiger partial charge in [-0.15, -0.1) is 0 Å². The summed E-state index contributed by atoms with van der Waals surface area (Å²) in [6, 6.07) is 7.82. The van der Waals surface area contributed by atoms with Gasteiger partial charge in [-0.2, -0.15) is 0 Å². The highest BCUT2D eigenvalue weighted by atomic mass is 16.5. The fourth-order valence-electron chi connectivity index (χ4n) is 2.36. The number of rotatable bonds is 10. The summed E-state index contributed by atoms with van der Waals surface area (Å²) >= 11 is 0. The molecular weight excluding hydrogens is 352 g/mol. The third-order valence-corrected chi connectivity index (χ3v) is 3.75. The molecule has 0 spiro atoms. The third kappa shape index (κ3) is 5.96. The van der Waals surface area contributed by atoms with E-state index in [1.807, 2.05) is 0 Å². The monoisotopic (exact) mass is 374 g/mol. The summed E-state index contributed by atoms with van der Waals surface area (Å²) in [6.45, 7) is 1.14. The highest BCUT2D eigenvalue weighted by Crippen LogP contribution is 2.20. The van der Waals surface area contributed by atoms with Crippen LogP contribution >= 0.6 is 0 Å². The largest absolute Gasteiger partial charge is 0.496 e. The van der Waals surface area contributed by atoms with Crippen molar-refractivity contribution in [2.45, 2.75) is 6.42 Å². The van der Waals surface area contributed by atoms with E-state index in [9.17, 15) is 9.59 Å². The van der Waals surface area contributed by atoms with Crippen molar-refractivity contribution in [3.63, 3.8) is 0 Å². The molecular formula is C19H22N2O6. The van der Waals surface area contributed by atoms with Gasteiger partial charge in [0.05, 0.1) is 19.3 Å². The van der Waals surface area contributed by atoms with Crippen molar-refractivity contribution in [2.24, 2.45) is 0 Å². The van der Waals surface area contributed by atoms with E-state index in [4.69, 9.17) is 19.3 Å². The van der Waals surface area contributed by atoms with Crippen LogP contribution in [0.5, 0.6) is 11.6 Å². The lowest BCUT2D eigenvalue weighted by Crippen LogP contribution is -2.26. The Hall–Kier alpha value is -3.13. The lowest BCUT2D eigenvalue weighted by Gasteiger charge is -2.11. The van der Waals surface area contributed by atoms with Crippen LogP contribution in [-0.4, -0.2) is 55.9 Å². The van der Waals surface area contributed by atoms with E-state index in [1.54, 1.807) is 25.3 Å². The number of carbonyl (C=O) groups is 2. The van der Waals surface area contributed by atoms with Crippen LogP contribution in [0.3, 0.4) is 0 Å². The van der Waals surface area contributed by atoms with E-state index in [0.29, 0.717) is 43.4 Å². The standard InChI is InChI=1S/C19H22N2O6/c1-25-9-10-27-17-12-14(6-7-20-17)18(22)21-8-5-13-3-4-15(19(23)24)11-16(13)26-2/h3-4,6-7,11-12H,5,8-10H2,1-2H3,(H,21,22)(H,23,24). The van der Waals surface area contributed by atoms with E-state index in [2.05, 4.69) is 10.3 Å². The molecule has 8 nitrogen and oxygen atoms in total. The molecule has 2 rings (SSSR count). The molecule has 1 aromatic heterocycles. The van der Waals surface area contributed by atoms with E-state index < -0.39 is 5.97 Å². The molecule has 0 aliphatic carbocycles. The Morgan fingerprint density at radius 2 is 1.93 bits per heavy atom. The molecule has 1 aromatic carbocycles. The average Bonchev–Trinajstić information content (AvgIpc) is 2.68. The zero-order valence-corrected chi connectivity index (χ0v) is 15.2. The first-order chi connectivity index (χ1) is 13.0. The van der Waals surface area contributed by atoms with Crippen molar-refractivity contribution in [1.82, 2.24) is 10.3 Å². The fraction of sp³-hybridized carbons (Fsp3) is 0.316. The second-order valence-electron chi connectivity index (χ2n) is 5.56. The van der Waals surface area contributed by atoms with Crippen molar-refractivity contribution in [1.29, 1.82) is 0 Å². The number of hydrogen-bond acceptors (Lipinski definition) is 6. The molecule has 0 radical (unpaired) electrons. The molecule has 0 fully saturated rings. The molecule has 0 bridgehead atoms. The van der Waals surface area contributed by atoms with Crippen LogP contribution in [0.2, 0.25) is 0 Å². The number of methoxy groups -OCH3 is 2. The summed E-state index contributed by atoms with van der Waals surface area (Å²) in [4.78, 5) is 27.3. The predicted octanol–water partition coefficient (Wildman–Crippen LogP) is 1.79. The fourth-order valence-corrected chi connectivity index (χ4v) is 2.36. The van der Waals surface area contributed by atoms with Crippen LogP contribution in [0.15, 0.2) is 36.5 Å². The molecule has 8 heteroatoms. The number of pyridine rings is 1. The highest BCUT2D eigenvalue weighted by molar-refractivity contribution is 5.94. The molecule has 2 N–H and O–H groups in total. The van der Waals surface area contributed by atoms with Crippen LogP contribution < -0.4 is 14.8 Å². The van der Waals surface area contributed by atoms with Gasteiger partial charge in [-0.05, 0) is 30.2 Å². The van der Waals surface area contributed by atoms with Gasteiger partial charge in [0.2, 0.25) is 5.88 Å². The molecule has 144 valence electrons. The van der Waals surface area contributed by atoms with Crippen LogP contribution in [0, 0.1) is 0 Å². The molecule has 0 saturated carbocycles. The molecule has 2 aromatic rings. The first kappa shape index (κ1) is 20.2. The second-order valence-corrected chi connectivity index (χ2v) is 5.56. The van der Waals surface area contributed by atoms with Crippen LogP contribution in [0.1, 0.15) is 26.3 Å². The normalized spacial score (nSPS) is 10.3. The van der Waals surface area contributed by atoms with Gasteiger partial charge in [-0.25, -0.2) is 9.78 Å². The Kier molecular flexibility index (Phi) is 7.57. The molecule has 0 atom stereocenters. The Balaban J connectivity index is 1.92. The van der Waals surface area contributed by atoms with E-state index in [0.717, 1.165) is 5.56 Å². The molecule has 0 aliphatic rings. The SMILES string of the molecule is COCCOc1cc(C(=O)NCCc2ccc(C(=O)O)cc2OC)ccn1. The van der Waals surface area contributed by atoms with Gasteiger partial charge in [0, 0.05) is 31.5 Å². The Labute approximate surface area is 157 Å². The maximum absolute atomic E-state index is 12.3. The number of amides is 1. The summed E-state index contributed by atoms with van der Waals surface area (Å²) in [5.74, 6) is -0.447. The van der Waals surface area contributed by atoms with Crippen molar-refractivity contribution < 1.29 is 28.9 Å². The zero-order chi connectivity index (χ0) is 19.6. The topological polar surface area (TPSA) is 107 Å². The summed E-state index contributed by atoms with van der Waals surface area (Å²) < 4.78 is 15.5. The summed E-state index contributed by atoms with van der Waals surface area (Å²) in [5.41, 5.74) is 1.39. The lowest BCUT2D eigenvalue weighted by molar-refractivity contribution is 0.0696. The van der Waals surface area contributed by atoms with E-state index >= 15 is 0 Å². The quantitative estimate of drug-likeness (QED) is 0.611. The Bertz CT molecular complexity index is 794. The van der Waals surface area contributed by atoms with Crippen molar-refractivity contribution >= 4 is 11.9 Å². The maximum atomic E-state index is 12.3. The van der Waals surface area contributed by atoms with Gasteiger partial charge in [0.25, 0.3) is 5.91 Å². The summed E-state index contributed by atoms with van der Waals surface area (Å²) in [5, 5.41) is 11.8. The highest BCUT2D eigenvalue weighted by Gasteiger charge is 2.11. The number of ether oxygens (including phenoxy) is 3.